The first-order valence-electron chi connectivity index (χ1n) is 5.42. The summed E-state index contributed by atoms with van der Waals surface area (Å²) in [5.74, 6) is 0. The molecule has 0 fully saturated rings. The number of hydrogen-bond donors (Lipinski definition) is 0. The summed E-state index contributed by atoms with van der Waals surface area (Å²) in [5, 5.41) is 0. The third kappa shape index (κ3) is 3.07. The van der Waals surface area contributed by atoms with Gasteiger partial charge in [-0.25, -0.2) is 18.7 Å². The fourth-order valence-corrected chi connectivity index (χ4v) is 1.86. The quantitative estimate of drug-likeness (QED) is 0.552. The van der Waals surface area contributed by atoms with Crippen molar-refractivity contribution in [2.75, 3.05) is 0 Å². The number of rotatable bonds is 6. The minimum atomic E-state index is -1.11. The Bertz CT molecular complexity index is 560. The second kappa shape index (κ2) is 6.15. The van der Waals surface area contributed by atoms with E-state index < -0.39 is 20.4 Å². The lowest BCUT2D eigenvalue weighted by Gasteiger charge is -2.14. The summed E-state index contributed by atoms with van der Waals surface area (Å²) >= 11 is 0. The molecule has 0 N–H and O–H groups in total. The molecule has 1 radical (unpaired) electrons. The highest BCUT2D eigenvalue weighted by molar-refractivity contribution is 6.49. The Balaban J connectivity index is 3.44. The first kappa shape index (κ1) is 14.2. The summed E-state index contributed by atoms with van der Waals surface area (Å²) in [5.41, 5.74) is -1.09. The zero-order valence-corrected chi connectivity index (χ0v) is 11.5. The van der Waals surface area contributed by atoms with Crippen molar-refractivity contribution < 1.29 is 4.43 Å². The third-order valence-electron chi connectivity index (χ3n) is 2.03. The van der Waals surface area contributed by atoms with Crippen LogP contribution in [0.1, 0.15) is 0 Å². The lowest BCUT2D eigenvalue weighted by molar-refractivity contribution is 0.443. The van der Waals surface area contributed by atoms with E-state index in [9.17, 15) is 9.59 Å². The molecule has 0 amide bonds. The van der Waals surface area contributed by atoms with E-state index in [2.05, 4.69) is 18.1 Å². The number of nitrogens with zero attached hydrogens (tertiary/aromatic N) is 3. The average molecular weight is 266 g/mol. The summed E-state index contributed by atoms with van der Waals surface area (Å²) in [6, 6.07) is 0.0594. The maximum atomic E-state index is 12.1. The van der Waals surface area contributed by atoms with Crippen LogP contribution in [0, 0.1) is 0 Å². The third-order valence-corrected chi connectivity index (χ3v) is 2.62. The zero-order valence-electron chi connectivity index (χ0n) is 10.5. The molecular weight excluding hydrogens is 250 g/mol. The Kier molecular flexibility index (Phi) is 4.84. The highest BCUT2D eigenvalue weighted by Gasteiger charge is 2.14. The molecular formula is C11H16N3O3Si. The Morgan fingerprint density at radius 3 is 2.28 bits per heavy atom. The monoisotopic (exact) mass is 266 g/mol. The molecule has 0 aliphatic heterocycles. The molecule has 0 spiro atoms. The topological polar surface area (TPSA) is 66.1 Å². The number of allylic oxidation sites excluding steroid dienone is 2. The van der Waals surface area contributed by atoms with Crippen molar-refractivity contribution in [3.63, 3.8) is 0 Å². The summed E-state index contributed by atoms with van der Waals surface area (Å²) in [7, 11) is -1.11. The van der Waals surface area contributed by atoms with E-state index in [1.165, 1.54) is 10.6 Å². The SMILES string of the molecule is C=CCn1c(O[Si](C)C)nc(=O)n(CC=C)c1=O. The van der Waals surface area contributed by atoms with Crippen molar-refractivity contribution in [1.82, 2.24) is 14.1 Å². The predicted molar refractivity (Wildman–Crippen MR) is 71.3 cm³/mol. The van der Waals surface area contributed by atoms with Crippen LogP contribution in [0.25, 0.3) is 0 Å². The Labute approximate surface area is 107 Å². The van der Waals surface area contributed by atoms with Crippen LogP contribution >= 0.6 is 0 Å². The van der Waals surface area contributed by atoms with Crippen molar-refractivity contribution in [1.29, 1.82) is 0 Å². The Hall–Kier alpha value is -1.89. The van der Waals surface area contributed by atoms with E-state index >= 15 is 0 Å². The highest BCUT2D eigenvalue weighted by atomic mass is 28.3. The van der Waals surface area contributed by atoms with E-state index in [0.717, 1.165) is 4.57 Å². The van der Waals surface area contributed by atoms with Gasteiger partial charge in [0.05, 0.1) is 6.54 Å². The number of aromatic nitrogens is 3. The molecule has 0 saturated carbocycles. The molecule has 0 aliphatic carbocycles. The smallest absolute Gasteiger partial charge is 0.356 e. The molecule has 0 aliphatic rings. The van der Waals surface area contributed by atoms with Crippen molar-refractivity contribution in [3.8, 4) is 6.01 Å². The molecule has 6 nitrogen and oxygen atoms in total. The summed E-state index contributed by atoms with van der Waals surface area (Å²) in [4.78, 5) is 27.6. The van der Waals surface area contributed by atoms with Gasteiger partial charge in [-0.05, 0) is 13.1 Å². The van der Waals surface area contributed by atoms with Crippen LogP contribution in [0.2, 0.25) is 13.1 Å². The zero-order chi connectivity index (χ0) is 13.7. The van der Waals surface area contributed by atoms with Gasteiger partial charge in [-0.2, -0.15) is 0 Å². The fourth-order valence-electron chi connectivity index (χ4n) is 1.34. The van der Waals surface area contributed by atoms with Crippen LogP contribution in [-0.4, -0.2) is 23.2 Å². The van der Waals surface area contributed by atoms with Crippen molar-refractivity contribution in [3.05, 3.63) is 46.3 Å². The van der Waals surface area contributed by atoms with Crippen LogP contribution in [0.5, 0.6) is 6.01 Å². The van der Waals surface area contributed by atoms with Crippen LogP contribution in [-0.2, 0) is 13.1 Å². The molecule has 0 bridgehead atoms. The average Bonchev–Trinajstić information content (AvgIpc) is 2.29. The van der Waals surface area contributed by atoms with Gasteiger partial charge in [0.25, 0.3) is 15.1 Å². The Morgan fingerprint density at radius 1 is 1.22 bits per heavy atom. The first-order chi connectivity index (χ1) is 8.51. The number of hydrogen-bond acceptors (Lipinski definition) is 4. The van der Waals surface area contributed by atoms with Gasteiger partial charge in [-0.3, -0.25) is 0 Å². The van der Waals surface area contributed by atoms with E-state index in [1.54, 1.807) is 6.08 Å². The second-order valence-electron chi connectivity index (χ2n) is 3.77. The van der Waals surface area contributed by atoms with Gasteiger partial charge in [0.15, 0.2) is 0 Å². The van der Waals surface area contributed by atoms with Gasteiger partial charge in [-0.1, -0.05) is 12.2 Å². The van der Waals surface area contributed by atoms with Crippen LogP contribution in [0.4, 0.5) is 0 Å². The molecule has 18 heavy (non-hydrogen) atoms. The van der Waals surface area contributed by atoms with Crippen molar-refractivity contribution >= 4 is 9.04 Å². The van der Waals surface area contributed by atoms with E-state index in [4.69, 9.17) is 4.43 Å². The first-order valence-corrected chi connectivity index (χ1v) is 7.83. The standard InChI is InChI=1S/C11H16N3O3Si/c1-5-7-13-9(15)12-10(17-18(3)4)14(8-6-2)11(13)16/h5-6H,1-2,7-8H2,3-4H3. The molecule has 1 aromatic heterocycles. The van der Waals surface area contributed by atoms with Gasteiger partial charge in [0, 0.05) is 6.54 Å². The minimum absolute atomic E-state index is 0.0594. The highest BCUT2D eigenvalue weighted by Crippen LogP contribution is 2.02. The van der Waals surface area contributed by atoms with Crippen LogP contribution in [0.15, 0.2) is 34.9 Å². The van der Waals surface area contributed by atoms with Gasteiger partial charge in [0.2, 0.25) is 0 Å². The van der Waals surface area contributed by atoms with Crippen LogP contribution in [0.3, 0.4) is 0 Å². The molecule has 7 heteroatoms. The molecule has 0 atom stereocenters. The fraction of sp³-hybridized carbons (Fsp3) is 0.364. The van der Waals surface area contributed by atoms with Crippen molar-refractivity contribution in [2.45, 2.75) is 26.2 Å². The molecule has 0 aromatic carbocycles. The predicted octanol–water partition coefficient (Wildman–Crippen LogP) is 0.407. The van der Waals surface area contributed by atoms with Gasteiger partial charge in [-0.15, -0.1) is 18.1 Å². The maximum Gasteiger partial charge on any atom is 0.356 e. The molecule has 1 aromatic rings. The van der Waals surface area contributed by atoms with E-state index in [0.29, 0.717) is 0 Å². The largest absolute Gasteiger partial charge is 0.517 e. The molecule has 97 valence electrons. The van der Waals surface area contributed by atoms with E-state index in [1.807, 2.05) is 13.1 Å². The molecule has 0 unspecified atom stereocenters. The van der Waals surface area contributed by atoms with Crippen LogP contribution < -0.4 is 15.8 Å². The molecule has 1 rings (SSSR count). The normalized spacial score (nSPS) is 10.4. The summed E-state index contributed by atoms with van der Waals surface area (Å²) in [6.45, 7) is 11.2. The Morgan fingerprint density at radius 2 is 1.78 bits per heavy atom. The van der Waals surface area contributed by atoms with Gasteiger partial charge in [0.1, 0.15) is 0 Å². The maximum absolute atomic E-state index is 12.1. The van der Waals surface area contributed by atoms with E-state index in [-0.39, 0.29) is 19.1 Å². The lowest BCUT2D eigenvalue weighted by Crippen LogP contribution is -2.42. The summed E-state index contributed by atoms with van der Waals surface area (Å²) < 4.78 is 7.75. The molecule has 0 saturated heterocycles. The lowest BCUT2D eigenvalue weighted by atomic mass is 10.6. The minimum Gasteiger partial charge on any atom is -0.517 e. The van der Waals surface area contributed by atoms with Gasteiger partial charge < -0.3 is 4.43 Å². The van der Waals surface area contributed by atoms with Gasteiger partial charge >= 0.3 is 11.4 Å². The second-order valence-corrected chi connectivity index (χ2v) is 5.79. The molecule has 1 heterocycles. The summed E-state index contributed by atoms with van der Waals surface area (Å²) in [6.07, 6.45) is 3.02. The van der Waals surface area contributed by atoms with Crippen molar-refractivity contribution in [2.24, 2.45) is 0 Å².